The van der Waals surface area contributed by atoms with Crippen LogP contribution in [-0.2, 0) is 20.1 Å². The molecular formula is C52H54IrN2OSi-2. The Hall–Kier alpha value is -4.41. The van der Waals surface area contributed by atoms with Crippen molar-refractivity contribution in [3.63, 3.8) is 0 Å². The molecule has 0 atom stereocenters. The molecule has 1 aliphatic carbocycles. The maximum absolute atomic E-state index is 8.54. The van der Waals surface area contributed by atoms with E-state index in [9.17, 15) is 0 Å². The topological polar surface area (TPSA) is 38.9 Å². The van der Waals surface area contributed by atoms with Crippen LogP contribution in [0.15, 0.2) is 108 Å². The van der Waals surface area contributed by atoms with Crippen molar-refractivity contribution in [2.45, 2.75) is 104 Å². The van der Waals surface area contributed by atoms with E-state index in [0.29, 0.717) is 5.92 Å². The van der Waals surface area contributed by atoms with Gasteiger partial charge in [-0.05, 0) is 74.0 Å². The molecular weight excluding hydrogens is 889 g/mol. The van der Waals surface area contributed by atoms with Gasteiger partial charge in [-0.2, -0.15) is 0 Å². The van der Waals surface area contributed by atoms with Crippen LogP contribution in [0.4, 0.5) is 0 Å². The Morgan fingerprint density at radius 2 is 1.56 bits per heavy atom. The first-order valence-electron chi connectivity index (χ1n) is 22.5. The van der Waals surface area contributed by atoms with Gasteiger partial charge in [-0.25, -0.2) is 0 Å². The molecule has 57 heavy (non-hydrogen) atoms. The average Bonchev–Trinajstić information content (AvgIpc) is 3.60. The number of benzene rings is 5. The summed E-state index contributed by atoms with van der Waals surface area (Å²) >= 11 is 0. The van der Waals surface area contributed by atoms with Gasteiger partial charge in [0.05, 0.1) is 13.7 Å². The summed E-state index contributed by atoms with van der Waals surface area (Å²) in [6.45, 7) is 12.2. The van der Waals surface area contributed by atoms with Crippen molar-refractivity contribution in [3.8, 4) is 22.5 Å². The van der Waals surface area contributed by atoms with Gasteiger partial charge in [0.15, 0.2) is 0 Å². The van der Waals surface area contributed by atoms with Crippen molar-refractivity contribution < 1.29 is 31.4 Å². The van der Waals surface area contributed by atoms with Gasteiger partial charge in [0.1, 0.15) is 5.58 Å². The van der Waals surface area contributed by atoms with Crippen molar-refractivity contribution in [3.05, 3.63) is 138 Å². The summed E-state index contributed by atoms with van der Waals surface area (Å²) in [4.78, 5) is 9.27. The number of furan rings is 1. The largest absolute Gasteiger partial charge is 0.501 e. The van der Waals surface area contributed by atoms with Crippen molar-refractivity contribution in [1.82, 2.24) is 9.97 Å². The summed E-state index contributed by atoms with van der Waals surface area (Å²) in [6.07, 6.45) is 10.0. The van der Waals surface area contributed by atoms with Gasteiger partial charge in [-0.15, -0.1) is 53.1 Å². The molecule has 0 N–H and O–H groups in total. The number of aromatic nitrogens is 2. The quantitative estimate of drug-likeness (QED) is 0.0947. The molecule has 0 unspecified atom stereocenters. The molecule has 3 aromatic heterocycles. The summed E-state index contributed by atoms with van der Waals surface area (Å²) in [5.74, 6) is -0.890. The number of hydrogen-bond acceptors (Lipinski definition) is 3. The Labute approximate surface area is 360 Å². The van der Waals surface area contributed by atoms with Crippen molar-refractivity contribution in [2.24, 2.45) is 0 Å². The van der Waals surface area contributed by atoms with E-state index in [0.717, 1.165) is 44.8 Å². The Morgan fingerprint density at radius 1 is 0.772 bits per heavy atom. The minimum atomic E-state index is -2.13. The minimum absolute atomic E-state index is 0. The summed E-state index contributed by atoms with van der Waals surface area (Å²) in [5.41, 5.74) is 8.49. The number of aryl methyl sites for hydroxylation is 1. The van der Waals surface area contributed by atoms with Gasteiger partial charge in [0.2, 0.25) is 0 Å². The first-order valence-corrected chi connectivity index (χ1v) is 23.5. The SMILES string of the molecule is [2H]C(C)(C)c1ccnc(-c2[c-]cc(C3CCCCC3)c3c2oc2cc4c(ccc5ccccc54)cc23)c1.[2H]C([2H])([2H])c1c[c-]c(-c2cc(C([2H])(C)C)c([Si](C)(C)C)cn2)cc1.[Ir]. The average molecular weight is 948 g/mol. The second kappa shape index (κ2) is 16.8. The summed E-state index contributed by atoms with van der Waals surface area (Å²) in [5, 5.41) is 8.49. The fraction of sp³-hybridized carbons (Fsp3) is 0.308. The first-order chi connectivity index (χ1) is 28.8. The third-order valence-electron chi connectivity index (χ3n) is 11.4. The summed E-state index contributed by atoms with van der Waals surface area (Å²) in [7, 11) is -1.61. The minimum Gasteiger partial charge on any atom is -0.501 e. The van der Waals surface area contributed by atoms with Crippen LogP contribution in [0.25, 0.3) is 66.0 Å². The number of hydrogen-bond donors (Lipinski definition) is 0. The third-order valence-corrected chi connectivity index (χ3v) is 13.4. The Balaban J connectivity index is 0.000000202. The maximum Gasteiger partial charge on any atom is 0.121 e. The predicted molar refractivity (Wildman–Crippen MR) is 241 cm³/mol. The second-order valence-electron chi connectivity index (χ2n) is 16.9. The van der Waals surface area contributed by atoms with E-state index in [2.05, 4.69) is 91.4 Å². The molecule has 5 heteroatoms. The number of nitrogens with zero attached hydrogens (tertiary/aromatic N) is 2. The monoisotopic (exact) mass is 948 g/mol. The molecule has 1 fully saturated rings. The fourth-order valence-corrected chi connectivity index (χ4v) is 9.93. The van der Waals surface area contributed by atoms with Crippen LogP contribution in [0.5, 0.6) is 0 Å². The molecule has 0 bridgehead atoms. The zero-order valence-electron chi connectivity index (χ0n) is 39.1. The van der Waals surface area contributed by atoms with Gasteiger partial charge in [-0.1, -0.05) is 157 Å². The predicted octanol–water partition coefficient (Wildman–Crippen LogP) is 14.4. The molecule has 0 spiro atoms. The Morgan fingerprint density at radius 3 is 2.28 bits per heavy atom. The third kappa shape index (κ3) is 8.30. The molecule has 8 aromatic rings. The van der Waals surface area contributed by atoms with Gasteiger partial charge in [0.25, 0.3) is 0 Å². The number of fused-ring (bicyclic) bond motifs is 6. The van der Waals surface area contributed by atoms with E-state index < -0.39 is 26.7 Å². The van der Waals surface area contributed by atoms with E-state index in [-0.39, 0.29) is 25.7 Å². The standard InChI is InChI=1S/C34H30NO.C18H24NSi.Ir/c1-21(2)24-16-17-35-31(19-24)28-15-14-27(22-8-4-3-5-9-22)33-30-18-25-13-12-23-10-6-7-11-26(23)29(25)20-32(30)36-34(28)33;1-13(2)16-11-17(15-9-7-14(3)8-10-15)19-12-18(16)20(4,5)6;/h6-7,10-14,16-22H,3-5,8-9H2,1-2H3;7-9,11-13H,1-6H3;/q2*-1;/i21D;3D3,13D;. The molecule has 5 aromatic carbocycles. The zero-order valence-corrected chi connectivity index (χ0v) is 37.5. The first kappa shape index (κ1) is 34.6. The maximum atomic E-state index is 8.54. The van der Waals surface area contributed by atoms with Crippen LogP contribution in [0, 0.1) is 19.0 Å². The molecule has 3 nitrogen and oxygen atoms in total. The van der Waals surface area contributed by atoms with Gasteiger partial charge >= 0.3 is 0 Å². The molecule has 293 valence electrons. The zero-order chi connectivity index (χ0) is 43.5. The van der Waals surface area contributed by atoms with Crippen molar-refractivity contribution in [1.29, 1.82) is 0 Å². The molecule has 3 heterocycles. The Bertz CT molecular complexity index is 2900. The van der Waals surface area contributed by atoms with E-state index in [4.69, 9.17) is 16.3 Å². The van der Waals surface area contributed by atoms with E-state index in [1.807, 2.05) is 52.1 Å². The molecule has 0 saturated heterocycles. The van der Waals surface area contributed by atoms with Crippen LogP contribution in [0.2, 0.25) is 19.6 Å². The van der Waals surface area contributed by atoms with E-state index >= 15 is 0 Å². The van der Waals surface area contributed by atoms with Crippen LogP contribution in [-0.4, -0.2) is 18.0 Å². The van der Waals surface area contributed by atoms with E-state index in [1.165, 1.54) is 81.2 Å². The smallest absolute Gasteiger partial charge is 0.121 e. The van der Waals surface area contributed by atoms with Crippen LogP contribution < -0.4 is 5.19 Å². The molecule has 1 aliphatic rings. The number of pyridine rings is 2. The van der Waals surface area contributed by atoms with Gasteiger partial charge < -0.3 is 14.4 Å². The molecule has 0 amide bonds. The van der Waals surface area contributed by atoms with Crippen LogP contribution in [0.1, 0.15) is 107 Å². The van der Waals surface area contributed by atoms with Gasteiger partial charge in [0, 0.05) is 44.7 Å². The normalized spacial score (nSPS) is 15.6. The second-order valence-corrected chi connectivity index (χ2v) is 21.9. The van der Waals surface area contributed by atoms with Gasteiger partial charge in [-0.3, -0.25) is 0 Å². The Kier molecular flexibility index (Phi) is 10.2. The summed E-state index contributed by atoms with van der Waals surface area (Å²) in [6, 6.07) is 37.1. The van der Waals surface area contributed by atoms with Crippen LogP contribution in [0.3, 0.4) is 0 Å². The van der Waals surface area contributed by atoms with E-state index in [1.54, 1.807) is 18.3 Å². The van der Waals surface area contributed by atoms with Crippen LogP contribution >= 0.6 is 0 Å². The van der Waals surface area contributed by atoms with Crippen molar-refractivity contribution in [2.75, 3.05) is 0 Å². The molecule has 1 radical (unpaired) electrons. The molecule has 9 rings (SSSR count). The number of rotatable bonds is 6. The van der Waals surface area contributed by atoms with Crippen molar-refractivity contribution >= 4 is 56.7 Å². The molecule has 1 saturated carbocycles. The molecule has 0 aliphatic heterocycles. The summed E-state index contributed by atoms with van der Waals surface area (Å²) < 4.78 is 46.1. The fourth-order valence-electron chi connectivity index (χ4n) is 8.35.